The molecule has 154 valence electrons. The van der Waals surface area contributed by atoms with Crippen molar-refractivity contribution in [1.29, 1.82) is 0 Å². The quantitative estimate of drug-likeness (QED) is 0.690. The normalized spacial score (nSPS) is 14.1. The second-order valence-corrected chi connectivity index (χ2v) is 6.92. The molecule has 1 aliphatic rings. The van der Waals surface area contributed by atoms with Crippen LogP contribution < -0.4 is 4.74 Å². The number of benzene rings is 2. The van der Waals surface area contributed by atoms with Crippen molar-refractivity contribution in [3.05, 3.63) is 77.5 Å². The van der Waals surface area contributed by atoms with Gasteiger partial charge in [-0.15, -0.1) is 0 Å². The minimum atomic E-state index is -4.41. The molecule has 2 heterocycles. The predicted octanol–water partition coefficient (Wildman–Crippen LogP) is 4.39. The summed E-state index contributed by atoms with van der Waals surface area (Å²) in [6.07, 6.45) is -4.41. The maximum absolute atomic E-state index is 12.8. The largest absolute Gasteiger partial charge is 0.508 e. The van der Waals surface area contributed by atoms with Gasteiger partial charge in [0.15, 0.2) is 6.61 Å². The lowest BCUT2D eigenvalue weighted by atomic mass is 10.1. The van der Waals surface area contributed by atoms with Crippen LogP contribution in [-0.4, -0.2) is 27.5 Å². The van der Waals surface area contributed by atoms with Crippen LogP contribution >= 0.6 is 0 Å². The first-order valence-electron chi connectivity index (χ1n) is 9.15. The van der Waals surface area contributed by atoms with Crippen LogP contribution in [0.25, 0.3) is 11.3 Å². The first-order chi connectivity index (χ1) is 14.3. The Bertz CT molecular complexity index is 1080. The predicted molar refractivity (Wildman–Crippen MR) is 103 cm³/mol. The van der Waals surface area contributed by atoms with Gasteiger partial charge < -0.3 is 14.7 Å². The van der Waals surface area contributed by atoms with Gasteiger partial charge in [-0.1, -0.05) is 24.3 Å². The molecule has 1 N–H and O–H groups in total. The van der Waals surface area contributed by atoms with Crippen LogP contribution in [0.15, 0.2) is 60.7 Å². The van der Waals surface area contributed by atoms with Gasteiger partial charge in [-0.05, 0) is 42.0 Å². The molecule has 0 aliphatic carbocycles. The van der Waals surface area contributed by atoms with Gasteiger partial charge in [-0.3, -0.25) is 4.79 Å². The zero-order chi connectivity index (χ0) is 21.3. The van der Waals surface area contributed by atoms with E-state index < -0.39 is 11.7 Å². The minimum Gasteiger partial charge on any atom is -0.508 e. The Labute approximate surface area is 170 Å². The second kappa shape index (κ2) is 7.70. The Kier molecular flexibility index (Phi) is 5.07. The topological polar surface area (TPSA) is 62.7 Å². The third-order valence-electron chi connectivity index (χ3n) is 4.77. The number of fused-ring (bicyclic) bond motifs is 1. The lowest BCUT2D eigenvalue weighted by molar-refractivity contribution is -0.137. The Morgan fingerprint density at radius 2 is 1.83 bits per heavy atom. The number of hydrogen-bond donors (Lipinski definition) is 1. The molecule has 3 aromatic rings. The van der Waals surface area contributed by atoms with Gasteiger partial charge in [-0.25, -0.2) is 4.98 Å². The fourth-order valence-corrected chi connectivity index (χ4v) is 3.22. The number of aromatic nitrogens is 1. The molecule has 1 aromatic heterocycles. The van der Waals surface area contributed by atoms with E-state index in [0.717, 1.165) is 12.1 Å². The van der Waals surface area contributed by atoms with Crippen molar-refractivity contribution in [3.63, 3.8) is 0 Å². The van der Waals surface area contributed by atoms with Gasteiger partial charge in [0.2, 0.25) is 0 Å². The molecule has 4 rings (SSSR count). The molecule has 2 aromatic carbocycles. The zero-order valence-electron chi connectivity index (χ0n) is 15.7. The highest BCUT2D eigenvalue weighted by Crippen LogP contribution is 2.30. The fourth-order valence-electron chi connectivity index (χ4n) is 3.22. The van der Waals surface area contributed by atoms with Crippen molar-refractivity contribution in [3.8, 4) is 22.8 Å². The van der Waals surface area contributed by atoms with E-state index in [0.29, 0.717) is 28.3 Å². The highest BCUT2D eigenvalue weighted by molar-refractivity contribution is 5.78. The van der Waals surface area contributed by atoms with Crippen LogP contribution in [0.1, 0.15) is 16.8 Å². The molecule has 5 nitrogen and oxygen atoms in total. The van der Waals surface area contributed by atoms with Crippen molar-refractivity contribution in [2.75, 3.05) is 6.61 Å². The molecule has 0 spiro atoms. The minimum absolute atomic E-state index is 0.111. The van der Waals surface area contributed by atoms with E-state index in [1.165, 1.54) is 17.0 Å². The third-order valence-corrected chi connectivity index (χ3v) is 4.77. The summed E-state index contributed by atoms with van der Waals surface area (Å²) in [6, 6.07) is 14.8. The van der Waals surface area contributed by atoms with Crippen LogP contribution in [0, 0.1) is 0 Å². The summed E-state index contributed by atoms with van der Waals surface area (Å²) >= 11 is 0. The summed E-state index contributed by atoms with van der Waals surface area (Å²) in [7, 11) is 0. The number of phenolic OH excluding ortho intramolecular Hbond substituents is 1. The van der Waals surface area contributed by atoms with E-state index in [4.69, 9.17) is 4.74 Å². The van der Waals surface area contributed by atoms with Gasteiger partial charge in [0.05, 0.1) is 17.8 Å². The van der Waals surface area contributed by atoms with Crippen LogP contribution in [0.2, 0.25) is 0 Å². The Morgan fingerprint density at radius 3 is 2.53 bits per heavy atom. The number of pyridine rings is 1. The highest BCUT2D eigenvalue weighted by atomic mass is 19.4. The van der Waals surface area contributed by atoms with Crippen LogP contribution in [-0.2, 0) is 24.1 Å². The summed E-state index contributed by atoms with van der Waals surface area (Å²) in [5.74, 6) is 0.300. The van der Waals surface area contributed by atoms with E-state index in [9.17, 15) is 23.1 Å². The van der Waals surface area contributed by atoms with E-state index >= 15 is 0 Å². The van der Waals surface area contributed by atoms with Gasteiger partial charge in [-0.2, -0.15) is 13.2 Å². The monoisotopic (exact) mass is 414 g/mol. The number of phenols is 1. The van der Waals surface area contributed by atoms with Crippen LogP contribution in [0.5, 0.6) is 11.5 Å². The molecule has 30 heavy (non-hydrogen) atoms. The number of alkyl halides is 3. The number of nitrogens with zero attached hydrogens (tertiary/aromatic N) is 2. The van der Waals surface area contributed by atoms with Gasteiger partial charge in [0, 0.05) is 12.1 Å². The number of carbonyl (C=O) groups is 1. The van der Waals surface area contributed by atoms with E-state index in [-0.39, 0.29) is 31.4 Å². The zero-order valence-corrected chi connectivity index (χ0v) is 15.7. The number of halogens is 3. The molecular formula is C22H17F3N2O3. The Balaban J connectivity index is 1.58. The standard InChI is InChI=1S/C22H17F3N2O3/c23-22(24,25)16-6-4-14(5-7-16)11-27-12-19-20(30-13-21(27)29)9-8-18(26-19)15-2-1-3-17(28)10-15/h1-10,28H,11-13H2. The van der Waals surface area contributed by atoms with E-state index in [2.05, 4.69) is 4.98 Å². The lowest BCUT2D eigenvalue weighted by Gasteiger charge is -2.20. The number of ether oxygens (including phenoxy) is 1. The smallest absolute Gasteiger partial charge is 0.416 e. The van der Waals surface area contributed by atoms with Crippen molar-refractivity contribution in [2.24, 2.45) is 0 Å². The van der Waals surface area contributed by atoms with Gasteiger partial charge in [0.1, 0.15) is 17.2 Å². The average molecular weight is 414 g/mol. The summed E-state index contributed by atoms with van der Waals surface area (Å²) in [5.41, 5.74) is 1.69. The molecule has 0 saturated heterocycles. The summed E-state index contributed by atoms with van der Waals surface area (Å²) in [6.45, 7) is 0.112. The molecular weight excluding hydrogens is 397 g/mol. The molecule has 0 bridgehead atoms. The first kappa shape index (κ1) is 19.8. The van der Waals surface area contributed by atoms with Crippen LogP contribution in [0.3, 0.4) is 0 Å². The number of carbonyl (C=O) groups excluding carboxylic acids is 1. The molecule has 8 heteroatoms. The SMILES string of the molecule is O=C1COc2ccc(-c3cccc(O)c3)nc2CN1Cc1ccc(C(F)(F)F)cc1. The molecule has 0 unspecified atom stereocenters. The molecule has 0 atom stereocenters. The van der Waals surface area contributed by atoms with Crippen LogP contribution in [0.4, 0.5) is 13.2 Å². The Hall–Kier alpha value is -3.55. The van der Waals surface area contributed by atoms with E-state index in [1.807, 2.05) is 0 Å². The molecule has 1 amide bonds. The fraction of sp³-hybridized carbons (Fsp3) is 0.182. The summed E-state index contributed by atoms with van der Waals surface area (Å²) in [5, 5.41) is 9.69. The van der Waals surface area contributed by atoms with E-state index in [1.54, 1.807) is 36.4 Å². The van der Waals surface area contributed by atoms with Gasteiger partial charge in [0.25, 0.3) is 5.91 Å². The number of rotatable bonds is 3. The van der Waals surface area contributed by atoms with Crippen molar-refractivity contribution in [2.45, 2.75) is 19.3 Å². The van der Waals surface area contributed by atoms with Crippen molar-refractivity contribution < 1.29 is 27.8 Å². The summed E-state index contributed by atoms with van der Waals surface area (Å²) in [4.78, 5) is 18.5. The summed E-state index contributed by atoms with van der Waals surface area (Å²) < 4.78 is 43.8. The number of hydrogen-bond acceptors (Lipinski definition) is 4. The highest BCUT2D eigenvalue weighted by Gasteiger charge is 2.30. The number of aromatic hydroxyl groups is 1. The van der Waals surface area contributed by atoms with Crippen molar-refractivity contribution in [1.82, 2.24) is 9.88 Å². The molecule has 0 saturated carbocycles. The molecule has 0 fully saturated rings. The maximum Gasteiger partial charge on any atom is 0.416 e. The number of amides is 1. The Morgan fingerprint density at radius 1 is 1.07 bits per heavy atom. The second-order valence-electron chi connectivity index (χ2n) is 6.92. The maximum atomic E-state index is 12.8. The average Bonchev–Trinajstić information content (AvgIpc) is 2.86. The third kappa shape index (κ3) is 4.22. The lowest BCUT2D eigenvalue weighted by Crippen LogP contribution is -2.32. The first-order valence-corrected chi connectivity index (χ1v) is 9.15. The molecule has 0 radical (unpaired) electrons. The van der Waals surface area contributed by atoms with Gasteiger partial charge >= 0.3 is 6.18 Å². The van der Waals surface area contributed by atoms with Crippen molar-refractivity contribution >= 4 is 5.91 Å². The molecule has 1 aliphatic heterocycles.